The second-order valence-corrected chi connectivity index (χ2v) is 4.52. The Bertz CT molecular complexity index is 334. The molecule has 0 saturated heterocycles. The fraction of sp³-hybridized carbons (Fsp3) is 0.455. The summed E-state index contributed by atoms with van der Waals surface area (Å²) in [6, 6.07) is 4.61. The molecule has 1 aromatic carbocycles. The van der Waals surface area contributed by atoms with Crippen molar-refractivity contribution in [1.82, 2.24) is 5.32 Å². The molecule has 1 aromatic rings. The zero-order valence-corrected chi connectivity index (χ0v) is 10.0. The van der Waals surface area contributed by atoms with E-state index in [4.69, 9.17) is 4.74 Å². The van der Waals surface area contributed by atoms with Gasteiger partial charge in [0.2, 0.25) is 0 Å². The molecular weight excluding hydrogens is 242 g/mol. The molecule has 2 nitrogen and oxygen atoms in total. The Labute approximate surface area is 92.8 Å². The van der Waals surface area contributed by atoms with Crippen LogP contribution in [0.5, 0.6) is 5.75 Å². The third-order valence-corrected chi connectivity index (χ3v) is 3.15. The SMILES string of the molecule is COc1cc(Br)cc2c1C(C)NCC2. The highest BCUT2D eigenvalue weighted by molar-refractivity contribution is 9.10. The molecule has 1 heterocycles. The van der Waals surface area contributed by atoms with Crippen LogP contribution in [0.1, 0.15) is 24.1 Å². The third-order valence-electron chi connectivity index (χ3n) is 2.69. The maximum Gasteiger partial charge on any atom is 0.125 e. The number of rotatable bonds is 1. The van der Waals surface area contributed by atoms with Crippen molar-refractivity contribution in [3.63, 3.8) is 0 Å². The van der Waals surface area contributed by atoms with Crippen LogP contribution in [-0.2, 0) is 6.42 Å². The predicted octanol–water partition coefficient (Wildman–Crippen LogP) is 2.66. The van der Waals surface area contributed by atoms with E-state index in [1.54, 1.807) is 7.11 Å². The van der Waals surface area contributed by atoms with Gasteiger partial charge in [0, 0.05) is 16.1 Å². The minimum Gasteiger partial charge on any atom is -0.496 e. The number of nitrogens with one attached hydrogen (secondary N) is 1. The fourth-order valence-corrected chi connectivity index (χ4v) is 2.52. The molecule has 0 fully saturated rings. The number of methoxy groups -OCH3 is 1. The van der Waals surface area contributed by atoms with Crippen LogP contribution in [0.25, 0.3) is 0 Å². The first-order chi connectivity index (χ1) is 6.72. The van der Waals surface area contributed by atoms with E-state index in [1.807, 2.05) is 6.07 Å². The normalized spacial score (nSPS) is 20.4. The molecule has 0 aliphatic carbocycles. The zero-order valence-electron chi connectivity index (χ0n) is 8.43. The van der Waals surface area contributed by atoms with E-state index in [2.05, 4.69) is 34.2 Å². The summed E-state index contributed by atoms with van der Waals surface area (Å²) in [5, 5.41) is 3.44. The zero-order chi connectivity index (χ0) is 10.1. The molecule has 0 bridgehead atoms. The average Bonchev–Trinajstić information content (AvgIpc) is 2.16. The molecule has 0 aromatic heterocycles. The van der Waals surface area contributed by atoms with Crippen LogP contribution in [0.15, 0.2) is 16.6 Å². The standard InChI is InChI=1S/C11H14BrNO/c1-7-11-8(3-4-13-7)5-9(12)6-10(11)14-2/h5-7,13H,3-4H2,1-2H3. The molecule has 1 atom stereocenters. The van der Waals surface area contributed by atoms with E-state index in [9.17, 15) is 0 Å². The van der Waals surface area contributed by atoms with E-state index in [-0.39, 0.29) is 0 Å². The topological polar surface area (TPSA) is 21.3 Å². The first-order valence-electron chi connectivity index (χ1n) is 4.82. The Balaban J connectivity index is 2.55. The van der Waals surface area contributed by atoms with E-state index in [0.717, 1.165) is 23.2 Å². The Morgan fingerprint density at radius 3 is 3.00 bits per heavy atom. The lowest BCUT2D eigenvalue weighted by atomic mass is 9.94. The predicted molar refractivity (Wildman–Crippen MR) is 60.8 cm³/mol. The van der Waals surface area contributed by atoms with Crippen molar-refractivity contribution in [3.8, 4) is 5.75 Å². The van der Waals surface area contributed by atoms with Gasteiger partial charge in [-0.2, -0.15) is 0 Å². The molecule has 0 amide bonds. The van der Waals surface area contributed by atoms with Crippen molar-refractivity contribution < 1.29 is 4.74 Å². The average molecular weight is 256 g/mol. The van der Waals surface area contributed by atoms with Crippen LogP contribution in [-0.4, -0.2) is 13.7 Å². The van der Waals surface area contributed by atoms with Gasteiger partial charge in [-0.05, 0) is 37.6 Å². The van der Waals surface area contributed by atoms with Gasteiger partial charge in [-0.3, -0.25) is 0 Å². The molecule has 1 aliphatic heterocycles. The molecule has 76 valence electrons. The number of fused-ring (bicyclic) bond motifs is 1. The van der Waals surface area contributed by atoms with Gasteiger partial charge >= 0.3 is 0 Å². The lowest BCUT2D eigenvalue weighted by Crippen LogP contribution is -2.28. The van der Waals surface area contributed by atoms with Gasteiger partial charge in [-0.15, -0.1) is 0 Å². The molecule has 0 spiro atoms. The van der Waals surface area contributed by atoms with Gasteiger partial charge < -0.3 is 10.1 Å². The lowest BCUT2D eigenvalue weighted by molar-refractivity contribution is 0.396. The quantitative estimate of drug-likeness (QED) is 0.834. The summed E-state index contributed by atoms with van der Waals surface area (Å²) in [7, 11) is 1.73. The summed E-state index contributed by atoms with van der Waals surface area (Å²) >= 11 is 3.50. The second kappa shape index (κ2) is 3.91. The molecule has 0 radical (unpaired) electrons. The van der Waals surface area contributed by atoms with Crippen molar-refractivity contribution in [3.05, 3.63) is 27.7 Å². The van der Waals surface area contributed by atoms with Crippen LogP contribution in [0.3, 0.4) is 0 Å². The van der Waals surface area contributed by atoms with Crippen molar-refractivity contribution in [1.29, 1.82) is 0 Å². The van der Waals surface area contributed by atoms with Gasteiger partial charge in [0.1, 0.15) is 5.75 Å². The largest absolute Gasteiger partial charge is 0.496 e. The summed E-state index contributed by atoms with van der Waals surface area (Å²) < 4.78 is 6.49. The van der Waals surface area contributed by atoms with Gasteiger partial charge in [0.05, 0.1) is 7.11 Å². The Morgan fingerprint density at radius 1 is 1.50 bits per heavy atom. The van der Waals surface area contributed by atoms with Crippen LogP contribution in [0.2, 0.25) is 0 Å². The first-order valence-corrected chi connectivity index (χ1v) is 5.61. The number of halogens is 1. The fourth-order valence-electron chi connectivity index (χ4n) is 2.04. The Morgan fingerprint density at radius 2 is 2.29 bits per heavy atom. The van der Waals surface area contributed by atoms with E-state index >= 15 is 0 Å². The summed E-state index contributed by atoms with van der Waals surface area (Å²) in [6.07, 6.45) is 1.08. The van der Waals surface area contributed by atoms with Crippen molar-refractivity contribution in [2.45, 2.75) is 19.4 Å². The van der Waals surface area contributed by atoms with E-state index in [0.29, 0.717) is 6.04 Å². The first kappa shape index (κ1) is 9.99. The monoisotopic (exact) mass is 255 g/mol. The minimum absolute atomic E-state index is 0.391. The molecule has 14 heavy (non-hydrogen) atoms. The third kappa shape index (κ3) is 1.66. The van der Waals surface area contributed by atoms with Crippen LogP contribution in [0, 0.1) is 0 Å². The maximum absolute atomic E-state index is 5.39. The van der Waals surface area contributed by atoms with Gasteiger partial charge in [0.25, 0.3) is 0 Å². The van der Waals surface area contributed by atoms with Gasteiger partial charge in [0.15, 0.2) is 0 Å². The Kier molecular flexibility index (Phi) is 2.79. The highest BCUT2D eigenvalue weighted by Gasteiger charge is 2.20. The van der Waals surface area contributed by atoms with Crippen molar-refractivity contribution in [2.24, 2.45) is 0 Å². The molecule has 1 N–H and O–H groups in total. The van der Waals surface area contributed by atoms with Crippen LogP contribution < -0.4 is 10.1 Å². The van der Waals surface area contributed by atoms with Crippen molar-refractivity contribution in [2.75, 3.05) is 13.7 Å². The highest BCUT2D eigenvalue weighted by atomic mass is 79.9. The second-order valence-electron chi connectivity index (χ2n) is 3.61. The van der Waals surface area contributed by atoms with Gasteiger partial charge in [-0.1, -0.05) is 15.9 Å². The minimum atomic E-state index is 0.391. The molecule has 2 rings (SSSR count). The van der Waals surface area contributed by atoms with Crippen molar-refractivity contribution >= 4 is 15.9 Å². The summed E-state index contributed by atoms with van der Waals surface area (Å²) in [5.41, 5.74) is 2.70. The molecule has 0 saturated carbocycles. The van der Waals surface area contributed by atoms with E-state index in [1.165, 1.54) is 11.1 Å². The molecule has 3 heteroatoms. The summed E-state index contributed by atoms with van der Waals surface area (Å²) in [6.45, 7) is 3.22. The van der Waals surface area contributed by atoms with E-state index < -0.39 is 0 Å². The summed E-state index contributed by atoms with van der Waals surface area (Å²) in [5.74, 6) is 0.981. The molecule has 1 unspecified atom stereocenters. The highest BCUT2D eigenvalue weighted by Crippen LogP contribution is 2.34. The lowest BCUT2D eigenvalue weighted by Gasteiger charge is -2.26. The number of benzene rings is 1. The van der Waals surface area contributed by atoms with Crippen LogP contribution in [0.4, 0.5) is 0 Å². The molecular formula is C11H14BrNO. The van der Waals surface area contributed by atoms with Gasteiger partial charge in [-0.25, -0.2) is 0 Å². The summed E-state index contributed by atoms with van der Waals surface area (Å²) in [4.78, 5) is 0. The number of hydrogen-bond donors (Lipinski definition) is 1. The smallest absolute Gasteiger partial charge is 0.125 e. The van der Waals surface area contributed by atoms with Crippen LogP contribution >= 0.6 is 15.9 Å². The Hall–Kier alpha value is -0.540. The maximum atomic E-state index is 5.39. The molecule has 1 aliphatic rings. The number of ether oxygens (including phenoxy) is 1. The number of hydrogen-bond acceptors (Lipinski definition) is 2.